The molecule has 0 bridgehead atoms. The number of thiophene rings is 1. The van der Waals surface area contributed by atoms with Gasteiger partial charge >= 0.3 is 5.97 Å². The van der Waals surface area contributed by atoms with E-state index in [4.69, 9.17) is 10.5 Å². The Hall–Kier alpha value is -1.82. The molecule has 2 N–H and O–H groups in total. The van der Waals surface area contributed by atoms with Crippen LogP contribution < -0.4 is 10.5 Å². The lowest BCUT2D eigenvalue weighted by atomic mass is 10.2. The van der Waals surface area contributed by atoms with E-state index in [2.05, 4.69) is 9.72 Å². The van der Waals surface area contributed by atoms with Crippen molar-refractivity contribution in [3.63, 3.8) is 0 Å². The lowest BCUT2D eigenvalue weighted by Gasteiger charge is -2.01. The lowest BCUT2D eigenvalue weighted by Crippen LogP contribution is -2.01. The van der Waals surface area contributed by atoms with Gasteiger partial charge in [-0.3, -0.25) is 0 Å². The van der Waals surface area contributed by atoms with Crippen LogP contribution in [0.4, 0.5) is 5.69 Å². The molecule has 2 aromatic heterocycles. The van der Waals surface area contributed by atoms with Crippen LogP contribution in [0.15, 0.2) is 12.3 Å². The van der Waals surface area contributed by atoms with Crippen molar-refractivity contribution >= 4 is 33.2 Å². The molecule has 0 aromatic carbocycles. The van der Waals surface area contributed by atoms with E-state index < -0.39 is 5.97 Å². The molecule has 0 aliphatic heterocycles. The quantitative estimate of drug-likeness (QED) is 0.805. The average Bonchev–Trinajstić information content (AvgIpc) is 2.66. The maximum absolute atomic E-state index is 11.4. The first-order valence-corrected chi connectivity index (χ1v) is 5.30. The van der Waals surface area contributed by atoms with E-state index in [1.54, 1.807) is 19.4 Å². The Bertz CT molecular complexity index is 550. The molecule has 6 heteroatoms. The third kappa shape index (κ3) is 1.47. The van der Waals surface area contributed by atoms with E-state index in [-0.39, 0.29) is 0 Å². The number of fused-ring (bicyclic) bond motifs is 1. The van der Waals surface area contributed by atoms with Gasteiger partial charge in [0.05, 0.1) is 25.3 Å². The van der Waals surface area contributed by atoms with E-state index >= 15 is 0 Å². The molecular formula is C10H10N2O3S. The number of nitrogen functional groups attached to an aromatic ring is 1. The highest BCUT2D eigenvalue weighted by Gasteiger charge is 2.19. The predicted molar refractivity (Wildman–Crippen MR) is 61.9 cm³/mol. The summed E-state index contributed by atoms with van der Waals surface area (Å²) in [6.07, 6.45) is 1.61. The molecule has 0 spiro atoms. The number of aromatic nitrogens is 1. The van der Waals surface area contributed by atoms with E-state index in [1.807, 2.05) is 0 Å². The van der Waals surface area contributed by atoms with Crippen LogP contribution in [0, 0.1) is 0 Å². The molecule has 0 atom stereocenters. The zero-order chi connectivity index (χ0) is 11.7. The summed E-state index contributed by atoms with van der Waals surface area (Å²) in [5.41, 5.74) is 6.24. The number of ether oxygens (including phenoxy) is 2. The standard InChI is InChI=1S/C10H10N2O3S/c1-14-5-3-4-12-9-6(5)7(11)8(16-9)10(13)15-2/h3-4H,11H2,1-2H3. The van der Waals surface area contributed by atoms with E-state index in [0.29, 0.717) is 26.5 Å². The number of nitrogens with two attached hydrogens (primary N) is 1. The minimum atomic E-state index is -0.456. The zero-order valence-electron chi connectivity index (χ0n) is 8.81. The Kier molecular flexibility index (Phi) is 2.66. The van der Waals surface area contributed by atoms with Crippen LogP contribution in [0.1, 0.15) is 9.67 Å². The van der Waals surface area contributed by atoms with E-state index in [0.717, 1.165) is 0 Å². The third-order valence-corrected chi connectivity index (χ3v) is 3.27. The van der Waals surface area contributed by atoms with Gasteiger partial charge in [-0.05, 0) is 6.07 Å². The maximum Gasteiger partial charge on any atom is 0.350 e. The molecule has 0 saturated carbocycles. The molecule has 0 aliphatic rings. The van der Waals surface area contributed by atoms with Gasteiger partial charge in [0.15, 0.2) is 0 Å². The Morgan fingerprint density at radius 2 is 2.25 bits per heavy atom. The second-order valence-corrected chi connectivity index (χ2v) is 4.03. The van der Waals surface area contributed by atoms with Crippen molar-refractivity contribution in [3.8, 4) is 5.75 Å². The van der Waals surface area contributed by atoms with Gasteiger partial charge in [0.2, 0.25) is 0 Å². The first kappa shape index (κ1) is 10.7. The number of rotatable bonds is 2. The van der Waals surface area contributed by atoms with Gasteiger partial charge in [-0.25, -0.2) is 9.78 Å². The van der Waals surface area contributed by atoms with Crippen molar-refractivity contribution in [2.75, 3.05) is 20.0 Å². The SMILES string of the molecule is COC(=O)c1sc2nccc(OC)c2c1N. The minimum Gasteiger partial charge on any atom is -0.496 e. The van der Waals surface area contributed by atoms with Crippen molar-refractivity contribution in [3.05, 3.63) is 17.1 Å². The molecule has 2 heterocycles. The van der Waals surface area contributed by atoms with E-state index in [1.165, 1.54) is 18.4 Å². The molecule has 0 unspecified atom stereocenters. The highest BCUT2D eigenvalue weighted by atomic mass is 32.1. The summed E-state index contributed by atoms with van der Waals surface area (Å²) in [6.45, 7) is 0. The van der Waals surface area contributed by atoms with Crippen LogP contribution in [0.5, 0.6) is 5.75 Å². The van der Waals surface area contributed by atoms with Crippen LogP contribution in [-0.4, -0.2) is 25.2 Å². The Balaban J connectivity index is 2.73. The number of carbonyl (C=O) groups excluding carboxylic acids is 1. The Labute approximate surface area is 95.8 Å². The number of esters is 1. The van der Waals surface area contributed by atoms with Gasteiger partial charge in [-0.15, -0.1) is 11.3 Å². The van der Waals surface area contributed by atoms with Crippen LogP contribution in [0.3, 0.4) is 0 Å². The Morgan fingerprint density at radius 1 is 1.50 bits per heavy atom. The van der Waals surface area contributed by atoms with Gasteiger partial charge in [-0.1, -0.05) is 0 Å². The van der Waals surface area contributed by atoms with E-state index in [9.17, 15) is 4.79 Å². The monoisotopic (exact) mass is 238 g/mol. The third-order valence-electron chi connectivity index (χ3n) is 2.18. The van der Waals surface area contributed by atoms with Crippen molar-refractivity contribution in [2.24, 2.45) is 0 Å². The van der Waals surface area contributed by atoms with Gasteiger partial charge in [-0.2, -0.15) is 0 Å². The van der Waals surface area contributed by atoms with Gasteiger partial charge < -0.3 is 15.2 Å². The maximum atomic E-state index is 11.4. The van der Waals surface area contributed by atoms with Crippen molar-refractivity contribution in [2.45, 2.75) is 0 Å². The van der Waals surface area contributed by atoms with Crippen molar-refractivity contribution in [1.82, 2.24) is 4.98 Å². The number of pyridine rings is 1. The molecule has 0 fully saturated rings. The fraction of sp³-hybridized carbons (Fsp3) is 0.200. The number of nitrogens with zero attached hydrogens (tertiary/aromatic N) is 1. The molecule has 0 aliphatic carbocycles. The number of anilines is 1. The molecule has 16 heavy (non-hydrogen) atoms. The normalized spacial score (nSPS) is 10.4. The first-order chi connectivity index (χ1) is 7.69. The van der Waals surface area contributed by atoms with Crippen molar-refractivity contribution < 1.29 is 14.3 Å². The summed E-state index contributed by atoms with van der Waals surface area (Å²) in [5.74, 6) is 0.149. The van der Waals surface area contributed by atoms with Crippen LogP contribution in [0.2, 0.25) is 0 Å². The zero-order valence-corrected chi connectivity index (χ0v) is 9.63. The molecule has 84 valence electrons. The highest BCUT2D eigenvalue weighted by molar-refractivity contribution is 7.21. The fourth-order valence-electron chi connectivity index (χ4n) is 1.43. The summed E-state index contributed by atoms with van der Waals surface area (Å²) in [4.78, 5) is 16.6. The summed E-state index contributed by atoms with van der Waals surface area (Å²) in [5, 5.41) is 0.662. The second kappa shape index (κ2) is 3.97. The minimum absolute atomic E-state index is 0.356. The molecule has 5 nitrogen and oxygen atoms in total. The fourth-order valence-corrected chi connectivity index (χ4v) is 2.43. The summed E-state index contributed by atoms with van der Waals surface area (Å²) < 4.78 is 9.81. The average molecular weight is 238 g/mol. The van der Waals surface area contributed by atoms with Crippen molar-refractivity contribution in [1.29, 1.82) is 0 Å². The topological polar surface area (TPSA) is 74.4 Å². The Morgan fingerprint density at radius 3 is 2.88 bits per heavy atom. The molecular weight excluding hydrogens is 228 g/mol. The van der Waals surface area contributed by atoms with Gasteiger partial charge in [0.1, 0.15) is 15.5 Å². The summed E-state index contributed by atoms with van der Waals surface area (Å²) >= 11 is 1.20. The summed E-state index contributed by atoms with van der Waals surface area (Å²) in [6, 6.07) is 1.70. The second-order valence-electron chi connectivity index (χ2n) is 3.03. The number of carbonyl (C=O) groups is 1. The number of hydrogen-bond donors (Lipinski definition) is 1. The molecule has 0 radical (unpaired) electrons. The molecule has 0 saturated heterocycles. The van der Waals surface area contributed by atoms with Crippen LogP contribution >= 0.6 is 11.3 Å². The largest absolute Gasteiger partial charge is 0.496 e. The summed E-state index contributed by atoms with van der Waals surface area (Å²) in [7, 11) is 2.86. The van der Waals surface area contributed by atoms with Crippen LogP contribution in [0.25, 0.3) is 10.2 Å². The molecule has 2 aromatic rings. The number of hydrogen-bond acceptors (Lipinski definition) is 6. The predicted octanol–water partition coefficient (Wildman–Crippen LogP) is 1.67. The molecule has 2 rings (SSSR count). The van der Waals surface area contributed by atoms with Gasteiger partial charge in [0, 0.05) is 6.20 Å². The van der Waals surface area contributed by atoms with Crippen LogP contribution in [-0.2, 0) is 4.74 Å². The first-order valence-electron chi connectivity index (χ1n) is 4.48. The highest BCUT2D eigenvalue weighted by Crippen LogP contribution is 2.38. The van der Waals surface area contributed by atoms with Gasteiger partial charge in [0.25, 0.3) is 0 Å². The number of methoxy groups -OCH3 is 2. The lowest BCUT2D eigenvalue weighted by molar-refractivity contribution is 0.0607. The molecule has 0 amide bonds. The smallest absolute Gasteiger partial charge is 0.350 e.